The molecular weight excluding hydrogens is 445 g/mol. The molecule has 26 heavy (non-hydrogen) atoms. The number of methoxy groups -OCH3 is 2. The molecule has 6 nitrogen and oxygen atoms in total. The van der Waals surface area contributed by atoms with Crippen molar-refractivity contribution >= 4 is 29.9 Å². The van der Waals surface area contributed by atoms with E-state index in [4.69, 9.17) is 9.47 Å². The lowest BCUT2D eigenvalue weighted by Gasteiger charge is -2.27. The number of nitrogens with zero attached hydrogens (tertiary/aromatic N) is 1. The van der Waals surface area contributed by atoms with Crippen LogP contribution in [0.1, 0.15) is 38.2 Å². The van der Waals surface area contributed by atoms with Gasteiger partial charge in [-0.15, -0.1) is 24.0 Å². The minimum Gasteiger partial charge on any atom is -0.497 e. The summed E-state index contributed by atoms with van der Waals surface area (Å²) in [6.45, 7) is 3.55. The second kappa shape index (κ2) is 12.2. The van der Waals surface area contributed by atoms with E-state index in [1.807, 2.05) is 18.2 Å². The number of rotatable bonds is 7. The topological polar surface area (TPSA) is 75.1 Å². The van der Waals surface area contributed by atoms with Gasteiger partial charge in [0.1, 0.15) is 11.5 Å². The van der Waals surface area contributed by atoms with Gasteiger partial charge in [0.2, 0.25) is 0 Å². The van der Waals surface area contributed by atoms with Crippen LogP contribution in [0.5, 0.6) is 11.5 Å². The molecule has 1 aliphatic rings. The summed E-state index contributed by atoms with van der Waals surface area (Å²) in [4.78, 5) is 4.69. The first-order chi connectivity index (χ1) is 12.2. The lowest BCUT2D eigenvalue weighted by atomic mass is 9.93. The van der Waals surface area contributed by atoms with Gasteiger partial charge in [-0.05, 0) is 62.8 Å². The highest BCUT2D eigenvalue weighted by molar-refractivity contribution is 14.0. The molecule has 0 unspecified atom stereocenters. The molecule has 1 fully saturated rings. The largest absolute Gasteiger partial charge is 0.497 e. The average Bonchev–Trinajstić information content (AvgIpc) is 2.63. The highest BCUT2D eigenvalue weighted by Crippen LogP contribution is 2.24. The van der Waals surface area contributed by atoms with Crippen LogP contribution in [0.25, 0.3) is 0 Å². The molecule has 3 N–H and O–H groups in total. The predicted molar refractivity (Wildman–Crippen MR) is 116 cm³/mol. The molecule has 0 atom stereocenters. The quantitative estimate of drug-likeness (QED) is 0.320. The molecule has 7 heteroatoms. The van der Waals surface area contributed by atoms with Crippen LogP contribution in [0.15, 0.2) is 23.2 Å². The van der Waals surface area contributed by atoms with Crippen LogP contribution >= 0.6 is 24.0 Å². The Balaban J connectivity index is 0.00000338. The summed E-state index contributed by atoms with van der Waals surface area (Å²) in [7, 11) is 3.34. The molecule has 0 heterocycles. The van der Waals surface area contributed by atoms with Crippen LogP contribution in [0.2, 0.25) is 0 Å². The van der Waals surface area contributed by atoms with Crippen molar-refractivity contribution in [1.82, 2.24) is 10.6 Å². The first kappa shape index (κ1) is 22.8. The smallest absolute Gasteiger partial charge is 0.191 e. The molecule has 0 amide bonds. The van der Waals surface area contributed by atoms with Crippen LogP contribution in [0.3, 0.4) is 0 Å². The molecule has 1 saturated carbocycles. The van der Waals surface area contributed by atoms with Gasteiger partial charge in [0, 0.05) is 19.1 Å². The Morgan fingerprint density at radius 2 is 1.92 bits per heavy atom. The van der Waals surface area contributed by atoms with Crippen molar-refractivity contribution in [3.63, 3.8) is 0 Å². The number of hydrogen-bond acceptors (Lipinski definition) is 4. The lowest BCUT2D eigenvalue weighted by molar-refractivity contribution is 0.120. The van der Waals surface area contributed by atoms with E-state index >= 15 is 0 Å². The number of aliphatic hydroxyl groups excluding tert-OH is 1. The van der Waals surface area contributed by atoms with Gasteiger partial charge in [0.15, 0.2) is 5.96 Å². The first-order valence-corrected chi connectivity index (χ1v) is 9.10. The number of nitrogens with one attached hydrogen (secondary N) is 2. The van der Waals surface area contributed by atoms with E-state index in [1.54, 1.807) is 14.2 Å². The Hall–Kier alpha value is -1.22. The monoisotopic (exact) mass is 477 g/mol. The number of ether oxygens (including phenoxy) is 2. The van der Waals surface area contributed by atoms with Gasteiger partial charge in [0.25, 0.3) is 0 Å². The fourth-order valence-corrected chi connectivity index (χ4v) is 3.10. The molecule has 0 saturated heterocycles. The van der Waals surface area contributed by atoms with Crippen molar-refractivity contribution < 1.29 is 14.6 Å². The molecule has 1 aromatic carbocycles. The normalized spacial score (nSPS) is 20.1. The van der Waals surface area contributed by atoms with E-state index in [0.717, 1.165) is 61.7 Å². The molecule has 0 radical (unpaired) electrons. The Kier molecular flexibility index (Phi) is 10.7. The molecule has 0 spiro atoms. The van der Waals surface area contributed by atoms with Crippen LogP contribution < -0.4 is 20.1 Å². The molecule has 148 valence electrons. The maximum Gasteiger partial charge on any atom is 0.191 e. The van der Waals surface area contributed by atoms with Crippen molar-refractivity contribution in [2.45, 2.75) is 51.2 Å². The number of halogens is 1. The summed E-state index contributed by atoms with van der Waals surface area (Å²) >= 11 is 0. The van der Waals surface area contributed by atoms with Crippen molar-refractivity contribution in [1.29, 1.82) is 0 Å². The second-order valence-corrected chi connectivity index (χ2v) is 6.34. The second-order valence-electron chi connectivity index (χ2n) is 6.34. The number of hydrogen-bond donors (Lipinski definition) is 3. The van der Waals surface area contributed by atoms with Crippen LogP contribution in [0.4, 0.5) is 0 Å². The highest BCUT2D eigenvalue weighted by Gasteiger charge is 2.19. The maximum atomic E-state index is 9.63. The van der Waals surface area contributed by atoms with E-state index in [1.165, 1.54) is 0 Å². The van der Waals surface area contributed by atoms with Gasteiger partial charge < -0.3 is 25.2 Å². The minimum absolute atomic E-state index is 0. The van der Waals surface area contributed by atoms with E-state index in [9.17, 15) is 5.11 Å². The fourth-order valence-electron chi connectivity index (χ4n) is 3.10. The average molecular weight is 477 g/mol. The highest BCUT2D eigenvalue weighted by atomic mass is 127. The number of benzene rings is 1. The predicted octanol–water partition coefficient (Wildman–Crippen LogP) is 2.72. The number of aliphatic imine (C=N–C) groups is 1. The SMILES string of the molecule is CCNC(=NCCc1cc(OC)ccc1OC)NC1CCC(O)CC1.I. The maximum absolute atomic E-state index is 9.63. The van der Waals surface area contributed by atoms with E-state index < -0.39 is 0 Å². The van der Waals surface area contributed by atoms with Crippen molar-refractivity contribution in [2.24, 2.45) is 4.99 Å². The zero-order chi connectivity index (χ0) is 18.1. The molecule has 1 aliphatic carbocycles. The van der Waals surface area contributed by atoms with E-state index in [-0.39, 0.29) is 30.1 Å². The summed E-state index contributed by atoms with van der Waals surface area (Å²) in [5.74, 6) is 2.52. The van der Waals surface area contributed by atoms with E-state index in [2.05, 4.69) is 22.5 Å². The lowest BCUT2D eigenvalue weighted by Crippen LogP contribution is -2.45. The van der Waals surface area contributed by atoms with E-state index in [0.29, 0.717) is 12.6 Å². The summed E-state index contributed by atoms with van der Waals surface area (Å²) in [5, 5.41) is 16.4. The van der Waals surface area contributed by atoms with Crippen LogP contribution in [-0.4, -0.2) is 50.5 Å². The number of guanidine groups is 1. The van der Waals surface area contributed by atoms with Gasteiger partial charge in [-0.1, -0.05) is 0 Å². The van der Waals surface area contributed by atoms with Gasteiger partial charge >= 0.3 is 0 Å². The third-order valence-corrected chi connectivity index (χ3v) is 4.52. The Bertz CT molecular complexity index is 561. The minimum atomic E-state index is -0.141. The Morgan fingerprint density at radius 1 is 1.19 bits per heavy atom. The summed E-state index contributed by atoms with van der Waals surface area (Å²) in [6.07, 6.45) is 4.32. The Labute approximate surface area is 173 Å². The first-order valence-electron chi connectivity index (χ1n) is 9.10. The summed E-state index contributed by atoms with van der Waals surface area (Å²) < 4.78 is 10.7. The third kappa shape index (κ3) is 7.19. The molecular formula is C19H32IN3O3. The van der Waals surface area contributed by atoms with Gasteiger partial charge in [-0.25, -0.2) is 0 Å². The molecule has 0 bridgehead atoms. The van der Waals surface area contributed by atoms with Crippen LogP contribution in [0, 0.1) is 0 Å². The zero-order valence-electron chi connectivity index (χ0n) is 16.0. The van der Waals surface area contributed by atoms with Crippen molar-refractivity contribution in [2.75, 3.05) is 27.3 Å². The van der Waals surface area contributed by atoms with Gasteiger partial charge in [-0.2, -0.15) is 0 Å². The molecule has 2 rings (SSSR count). The molecule has 0 aromatic heterocycles. The van der Waals surface area contributed by atoms with Gasteiger partial charge in [-0.3, -0.25) is 4.99 Å². The Morgan fingerprint density at radius 3 is 2.54 bits per heavy atom. The summed E-state index contributed by atoms with van der Waals surface area (Å²) in [5.41, 5.74) is 1.09. The number of aliphatic hydroxyl groups is 1. The van der Waals surface area contributed by atoms with Crippen molar-refractivity contribution in [3.8, 4) is 11.5 Å². The molecule has 0 aliphatic heterocycles. The van der Waals surface area contributed by atoms with Crippen LogP contribution in [-0.2, 0) is 6.42 Å². The standard InChI is InChI=1S/C19H31N3O3.HI/c1-4-20-19(22-15-5-7-16(23)8-6-15)21-12-11-14-13-17(24-2)9-10-18(14)25-3;/h9-10,13,15-16,23H,4-8,11-12H2,1-3H3,(H2,20,21,22);1H. The van der Waals surface area contributed by atoms with Gasteiger partial charge in [0.05, 0.1) is 20.3 Å². The van der Waals surface area contributed by atoms with Crippen molar-refractivity contribution in [3.05, 3.63) is 23.8 Å². The fraction of sp³-hybridized carbons (Fsp3) is 0.632. The third-order valence-electron chi connectivity index (χ3n) is 4.52. The molecule has 1 aromatic rings. The summed E-state index contributed by atoms with van der Waals surface area (Å²) in [6, 6.07) is 6.20. The zero-order valence-corrected chi connectivity index (χ0v) is 18.3.